The lowest BCUT2D eigenvalue weighted by Gasteiger charge is -2.67. The van der Waals surface area contributed by atoms with Gasteiger partial charge < -0.3 is 0 Å². The van der Waals surface area contributed by atoms with Crippen molar-refractivity contribution in [3.63, 3.8) is 0 Å². The second kappa shape index (κ2) is 5.07. The van der Waals surface area contributed by atoms with E-state index >= 15 is 0 Å². The molecule has 0 saturated heterocycles. The highest BCUT2D eigenvalue weighted by Crippen LogP contribution is 2.87. The molecule has 0 aromatic rings. The van der Waals surface area contributed by atoms with E-state index in [1.807, 2.05) is 0 Å². The molecule has 8 rings (SSSR count). The lowest BCUT2D eigenvalue weighted by Crippen LogP contribution is -2.61. The van der Waals surface area contributed by atoms with E-state index in [0.29, 0.717) is 0 Å². The summed E-state index contributed by atoms with van der Waals surface area (Å²) in [5.41, 5.74) is 3.28. The molecule has 0 radical (unpaired) electrons. The lowest BCUT2D eigenvalue weighted by atomic mass is 9.37. The van der Waals surface area contributed by atoms with E-state index in [0.717, 1.165) is 51.2 Å². The summed E-state index contributed by atoms with van der Waals surface area (Å²) in [4.78, 5) is 0. The van der Waals surface area contributed by atoms with Crippen LogP contribution in [0.1, 0.15) is 116 Å². The van der Waals surface area contributed by atoms with E-state index in [2.05, 4.69) is 0 Å². The smallest absolute Gasteiger partial charge is 0.0120 e. The highest BCUT2D eigenvalue weighted by Gasteiger charge is 2.79. The van der Waals surface area contributed by atoms with Crippen LogP contribution in [0, 0.1) is 57.2 Å². The van der Waals surface area contributed by atoms with Crippen LogP contribution >= 0.6 is 0 Å². The Bertz CT molecular complexity index is 647. The molecule has 0 nitrogen and oxygen atoms in total. The van der Waals surface area contributed by atoms with Crippen LogP contribution in [0.5, 0.6) is 0 Å². The molecule has 0 aliphatic heterocycles. The molecule has 0 N–H and O–H groups in total. The van der Waals surface area contributed by atoms with Crippen molar-refractivity contribution in [2.24, 2.45) is 57.2 Å². The lowest BCUT2D eigenvalue weighted by molar-refractivity contribution is -0.194. The fourth-order valence-corrected chi connectivity index (χ4v) is 13.7. The summed E-state index contributed by atoms with van der Waals surface area (Å²) in [5.74, 6) is 6.93. The Hall–Kier alpha value is 0. The van der Waals surface area contributed by atoms with Gasteiger partial charge in [-0.25, -0.2) is 0 Å². The molecule has 3 atom stereocenters. The molecule has 28 heavy (non-hydrogen) atoms. The summed E-state index contributed by atoms with van der Waals surface area (Å²) in [6.07, 6.45) is 29.8. The molecular weight excluding hydrogens is 336 g/mol. The third-order valence-electron chi connectivity index (χ3n) is 13.8. The van der Waals surface area contributed by atoms with Gasteiger partial charge in [0.25, 0.3) is 0 Å². The molecule has 8 fully saturated rings. The Kier molecular flexibility index (Phi) is 3.02. The quantitative estimate of drug-likeness (QED) is 0.470. The van der Waals surface area contributed by atoms with Crippen molar-refractivity contribution >= 4 is 0 Å². The molecule has 8 aliphatic rings. The third-order valence-corrected chi connectivity index (χ3v) is 13.8. The molecule has 0 heteroatoms. The van der Waals surface area contributed by atoms with Crippen molar-refractivity contribution in [2.75, 3.05) is 0 Å². The fraction of sp³-hybridized carbons (Fsp3) is 1.00. The summed E-state index contributed by atoms with van der Waals surface area (Å²) >= 11 is 0. The first-order valence-corrected chi connectivity index (χ1v) is 13.7. The Labute approximate surface area is 173 Å². The van der Waals surface area contributed by atoms with Crippen LogP contribution in [0.3, 0.4) is 0 Å². The van der Waals surface area contributed by atoms with E-state index < -0.39 is 0 Å². The van der Waals surface area contributed by atoms with Crippen LogP contribution in [0.2, 0.25) is 0 Å². The van der Waals surface area contributed by atoms with Crippen LogP contribution in [0.25, 0.3) is 0 Å². The van der Waals surface area contributed by atoms with Gasteiger partial charge >= 0.3 is 0 Å². The monoisotopic (exact) mass is 378 g/mol. The van der Waals surface area contributed by atoms with Crippen LogP contribution in [0.4, 0.5) is 0 Å². The highest BCUT2D eigenvalue weighted by atomic mass is 14.8. The van der Waals surface area contributed by atoms with Gasteiger partial charge in [0.05, 0.1) is 0 Å². The first kappa shape index (κ1) is 16.7. The standard InChI is InChI=1S/C28H42/c1-2-23-15-22(1)24(25-9-3-19(16-25)4-10-25)28(23,26-11-5-20(17-26)6-12-26)27-13-7-21(18-27)8-14-27/h19-24H,1-18H2. The second-order valence-corrected chi connectivity index (χ2v) is 14.0. The molecule has 8 bridgehead atoms. The number of hydrogen-bond acceptors (Lipinski definition) is 0. The predicted molar refractivity (Wildman–Crippen MR) is 114 cm³/mol. The average molecular weight is 379 g/mol. The molecule has 0 spiro atoms. The highest BCUT2D eigenvalue weighted by molar-refractivity contribution is 5.28. The molecule has 3 unspecified atom stereocenters. The zero-order chi connectivity index (χ0) is 18.2. The summed E-state index contributed by atoms with van der Waals surface area (Å²) in [6.45, 7) is 0. The minimum atomic E-state index is 0.816. The van der Waals surface area contributed by atoms with Crippen molar-refractivity contribution in [3.05, 3.63) is 0 Å². The van der Waals surface area contributed by atoms with Crippen LogP contribution in [-0.4, -0.2) is 0 Å². The molecule has 8 saturated carbocycles. The van der Waals surface area contributed by atoms with Crippen molar-refractivity contribution in [1.29, 1.82) is 0 Å². The van der Waals surface area contributed by atoms with Gasteiger partial charge in [0, 0.05) is 0 Å². The SMILES string of the molecule is C1CC2(C3C4CCC(C4)C3(C34CCC(CC3)C4)C34CCC(CC3)C4)CCC1C2. The second-order valence-electron chi connectivity index (χ2n) is 14.0. The summed E-state index contributed by atoms with van der Waals surface area (Å²) in [5, 5.41) is 0. The van der Waals surface area contributed by atoms with Gasteiger partial charge in [0.15, 0.2) is 0 Å². The van der Waals surface area contributed by atoms with Crippen molar-refractivity contribution in [3.8, 4) is 0 Å². The molecule has 0 amide bonds. The van der Waals surface area contributed by atoms with Crippen molar-refractivity contribution in [1.82, 2.24) is 0 Å². The third kappa shape index (κ3) is 1.62. The maximum Gasteiger partial charge on any atom is -0.0120 e. The number of hydrogen-bond donors (Lipinski definition) is 0. The van der Waals surface area contributed by atoms with Gasteiger partial charge in [-0.2, -0.15) is 0 Å². The minimum absolute atomic E-state index is 0.816. The van der Waals surface area contributed by atoms with Gasteiger partial charge in [-0.05, 0) is 173 Å². The maximum absolute atomic E-state index is 1.69. The van der Waals surface area contributed by atoms with E-state index in [-0.39, 0.29) is 0 Å². The van der Waals surface area contributed by atoms with Crippen molar-refractivity contribution in [2.45, 2.75) is 116 Å². The van der Waals surface area contributed by atoms with Crippen molar-refractivity contribution < 1.29 is 0 Å². The molecule has 0 aromatic carbocycles. The molecular formula is C28H42. The first-order chi connectivity index (χ1) is 13.7. The maximum atomic E-state index is 1.69. The first-order valence-electron chi connectivity index (χ1n) is 13.7. The molecule has 0 heterocycles. The van der Waals surface area contributed by atoms with Gasteiger partial charge in [0.1, 0.15) is 0 Å². The average Bonchev–Trinajstić information content (AvgIpc) is 3.59. The Balaban J connectivity index is 1.38. The van der Waals surface area contributed by atoms with Crippen LogP contribution in [-0.2, 0) is 0 Å². The minimum Gasteiger partial charge on any atom is -0.0499 e. The fourth-order valence-electron chi connectivity index (χ4n) is 13.7. The van der Waals surface area contributed by atoms with Gasteiger partial charge in [-0.1, -0.05) is 0 Å². The van der Waals surface area contributed by atoms with Gasteiger partial charge in [-0.15, -0.1) is 0 Å². The number of fused-ring (bicyclic) bond motifs is 8. The Morgan fingerprint density at radius 3 is 1.50 bits per heavy atom. The van der Waals surface area contributed by atoms with Crippen LogP contribution < -0.4 is 0 Å². The van der Waals surface area contributed by atoms with E-state index in [1.54, 1.807) is 116 Å². The van der Waals surface area contributed by atoms with Gasteiger partial charge in [0.2, 0.25) is 0 Å². The summed E-state index contributed by atoms with van der Waals surface area (Å²) < 4.78 is 0. The summed E-state index contributed by atoms with van der Waals surface area (Å²) in [6, 6.07) is 0. The predicted octanol–water partition coefficient (Wildman–Crippen LogP) is 7.76. The zero-order valence-corrected chi connectivity index (χ0v) is 18.2. The number of rotatable bonds is 3. The van der Waals surface area contributed by atoms with E-state index in [9.17, 15) is 0 Å². The topological polar surface area (TPSA) is 0 Å². The normalized spacial score (nSPS) is 66.0. The zero-order valence-electron chi connectivity index (χ0n) is 18.2. The Morgan fingerprint density at radius 2 is 1.04 bits per heavy atom. The van der Waals surface area contributed by atoms with E-state index in [4.69, 9.17) is 0 Å². The summed E-state index contributed by atoms with van der Waals surface area (Å²) in [7, 11) is 0. The molecule has 8 aliphatic carbocycles. The Morgan fingerprint density at radius 1 is 0.500 bits per heavy atom. The van der Waals surface area contributed by atoms with Gasteiger partial charge in [-0.3, -0.25) is 0 Å². The van der Waals surface area contributed by atoms with E-state index in [1.165, 1.54) is 5.92 Å². The largest absolute Gasteiger partial charge is 0.0499 e. The molecule has 0 aromatic heterocycles. The molecule has 154 valence electrons. The van der Waals surface area contributed by atoms with Crippen LogP contribution in [0.15, 0.2) is 0 Å².